The van der Waals surface area contributed by atoms with Crippen LogP contribution in [0.3, 0.4) is 0 Å². The third-order valence-electron chi connectivity index (χ3n) is 0.201. The molecule has 6 heteroatoms. The fourth-order valence-corrected chi connectivity index (χ4v) is 0. The average Bonchev–Trinajstić information content (AvgIpc) is 1.65. The zero-order chi connectivity index (χ0) is 7.86. The van der Waals surface area contributed by atoms with Gasteiger partial charge in [0.2, 0.25) is 5.91 Å². The van der Waals surface area contributed by atoms with Crippen LogP contribution in [0.25, 0.3) is 0 Å². The Kier molecular flexibility index (Phi) is 18.9. The molecule has 5 nitrogen and oxygen atoms in total. The molecule has 0 aliphatic heterocycles. The first-order valence-electron chi connectivity index (χ1n) is 1.80. The molecule has 0 atom stereocenters. The van der Waals surface area contributed by atoms with Crippen LogP contribution in [-0.2, 0) is 4.79 Å². The first-order valence-corrected chi connectivity index (χ1v) is 1.80. The topological polar surface area (TPSA) is 106 Å². The smallest absolute Gasteiger partial charge is 0.652 e. The van der Waals surface area contributed by atoms with Gasteiger partial charge < -0.3 is 20.7 Å². The van der Waals surface area contributed by atoms with Crippen LogP contribution >= 0.6 is 0 Å². The third kappa shape index (κ3) is 116. The Labute approximate surface area is 87.5 Å². The number of hydrogen-bond donors (Lipinski definition) is 1. The Morgan fingerprint density at radius 2 is 1.50 bits per heavy atom. The number of carbonyl (C=O) groups excluding carboxylic acids is 2. The van der Waals surface area contributed by atoms with E-state index in [4.69, 9.17) is 15.0 Å². The molecule has 0 heterocycles. The van der Waals surface area contributed by atoms with Gasteiger partial charge in [-0.3, -0.25) is 4.79 Å². The first-order chi connectivity index (χ1) is 4.00. The molecule has 2 N–H and O–H groups in total. The van der Waals surface area contributed by atoms with E-state index in [1.807, 2.05) is 0 Å². The van der Waals surface area contributed by atoms with E-state index in [2.05, 4.69) is 12.3 Å². The monoisotopic (exact) mass is 171 g/mol. The Morgan fingerprint density at radius 1 is 1.40 bits per heavy atom. The molecular formula is C4H5CaNO4. The van der Waals surface area contributed by atoms with Gasteiger partial charge in [0, 0.05) is 0 Å². The number of carbonyl (C=O) groups is 2. The minimum atomic E-state index is -2.33. The van der Waals surface area contributed by atoms with Crippen molar-refractivity contribution in [2.45, 2.75) is 0 Å². The van der Waals surface area contributed by atoms with Crippen LogP contribution in [-0.4, -0.2) is 49.8 Å². The van der Waals surface area contributed by atoms with E-state index in [9.17, 15) is 4.79 Å². The van der Waals surface area contributed by atoms with Gasteiger partial charge in [0.1, 0.15) is 0 Å². The predicted molar refractivity (Wildman–Crippen MR) is 30.5 cm³/mol. The van der Waals surface area contributed by atoms with Crippen molar-refractivity contribution in [3.63, 3.8) is 0 Å². The van der Waals surface area contributed by atoms with Crippen molar-refractivity contribution in [1.29, 1.82) is 0 Å². The van der Waals surface area contributed by atoms with Crippen molar-refractivity contribution in [2.24, 2.45) is 5.73 Å². The zero-order valence-electron chi connectivity index (χ0n) is 5.20. The summed E-state index contributed by atoms with van der Waals surface area (Å²) in [7, 11) is 0. The number of primary amides is 1. The van der Waals surface area contributed by atoms with E-state index in [0.29, 0.717) is 0 Å². The number of nitrogens with two attached hydrogens (primary N) is 1. The van der Waals surface area contributed by atoms with Crippen LogP contribution in [0.15, 0.2) is 12.7 Å². The van der Waals surface area contributed by atoms with Crippen LogP contribution in [0.2, 0.25) is 0 Å². The van der Waals surface area contributed by atoms with Crippen LogP contribution in [0.1, 0.15) is 0 Å². The van der Waals surface area contributed by atoms with Crippen molar-refractivity contribution in [3.8, 4) is 0 Å². The molecule has 0 aromatic heterocycles. The minimum Gasteiger partial charge on any atom is -0.652 e. The Morgan fingerprint density at radius 3 is 1.50 bits per heavy atom. The van der Waals surface area contributed by atoms with Gasteiger partial charge in [-0.1, -0.05) is 6.58 Å². The summed E-state index contributed by atoms with van der Waals surface area (Å²) < 4.78 is 0. The van der Waals surface area contributed by atoms with Gasteiger partial charge in [-0.2, -0.15) is 0 Å². The molecule has 0 rings (SSSR count). The number of hydrogen-bond acceptors (Lipinski definition) is 4. The van der Waals surface area contributed by atoms with E-state index < -0.39 is 12.1 Å². The molecule has 0 fully saturated rings. The van der Waals surface area contributed by atoms with Crippen molar-refractivity contribution >= 4 is 49.8 Å². The average molecular weight is 171 g/mol. The summed E-state index contributed by atoms with van der Waals surface area (Å²) in [6.45, 7) is 3.09. The summed E-state index contributed by atoms with van der Waals surface area (Å²) in [6.07, 6.45) is -1.28. The first kappa shape index (κ1) is 16.4. The van der Waals surface area contributed by atoms with Gasteiger partial charge in [-0.05, 0) is 12.2 Å². The van der Waals surface area contributed by atoms with Gasteiger partial charge in [0.15, 0.2) is 0 Å². The van der Waals surface area contributed by atoms with Crippen molar-refractivity contribution < 1.29 is 19.8 Å². The molecule has 0 saturated heterocycles. The van der Waals surface area contributed by atoms with Crippen LogP contribution in [0, 0.1) is 0 Å². The van der Waals surface area contributed by atoms with Crippen molar-refractivity contribution in [1.82, 2.24) is 0 Å². The molecule has 0 bridgehead atoms. The minimum absolute atomic E-state index is 0. The molecule has 0 radical (unpaired) electrons. The summed E-state index contributed by atoms with van der Waals surface area (Å²) in [5.41, 5.74) is 4.53. The maximum atomic E-state index is 9.47. The van der Waals surface area contributed by atoms with Crippen molar-refractivity contribution in [2.75, 3.05) is 0 Å². The molecule has 0 aromatic rings. The van der Waals surface area contributed by atoms with E-state index in [1.54, 1.807) is 0 Å². The number of rotatable bonds is 1. The second-order valence-electron chi connectivity index (χ2n) is 0.856. The normalized spacial score (nSPS) is 5.60. The van der Waals surface area contributed by atoms with Crippen molar-refractivity contribution in [3.05, 3.63) is 12.7 Å². The fraction of sp³-hybridized carbons (Fsp3) is 0. The van der Waals surface area contributed by atoms with Gasteiger partial charge in [-0.15, -0.1) is 0 Å². The SMILES string of the molecule is C=CC(N)=O.O=C([O-])[O-].[Ca+2]. The summed E-state index contributed by atoms with van der Waals surface area (Å²) >= 11 is 0. The maximum Gasteiger partial charge on any atom is 2.00 e. The molecule has 10 heavy (non-hydrogen) atoms. The molecule has 0 aliphatic carbocycles. The Bertz CT molecular complexity index is 120. The summed E-state index contributed by atoms with van der Waals surface area (Å²) in [5, 5.41) is 16.7. The molecule has 0 unspecified atom stereocenters. The molecule has 1 amide bonds. The molecule has 0 spiro atoms. The summed E-state index contributed by atoms with van der Waals surface area (Å²) in [6, 6.07) is 0. The second-order valence-corrected chi connectivity index (χ2v) is 0.856. The van der Waals surface area contributed by atoms with Crippen LogP contribution in [0.5, 0.6) is 0 Å². The number of carboxylic acid groups (broad SMARTS) is 2. The molecule has 52 valence electrons. The van der Waals surface area contributed by atoms with Gasteiger partial charge in [0.25, 0.3) is 0 Å². The Hall–Kier alpha value is -0.260. The Balaban J connectivity index is -0.0000000910. The molecule has 0 saturated carbocycles. The van der Waals surface area contributed by atoms with Crippen LogP contribution < -0.4 is 15.9 Å². The number of amides is 1. The molecule has 0 aromatic carbocycles. The van der Waals surface area contributed by atoms with Gasteiger partial charge >= 0.3 is 37.7 Å². The van der Waals surface area contributed by atoms with E-state index >= 15 is 0 Å². The summed E-state index contributed by atoms with van der Waals surface area (Å²) in [5.74, 6) is -0.481. The summed E-state index contributed by atoms with van der Waals surface area (Å²) in [4.78, 5) is 17.8. The predicted octanol–water partition coefficient (Wildman–Crippen LogP) is -3.17. The molecule has 0 aliphatic rings. The fourth-order valence-electron chi connectivity index (χ4n) is 0. The van der Waals surface area contributed by atoms with Crippen LogP contribution in [0.4, 0.5) is 4.79 Å². The third-order valence-corrected chi connectivity index (χ3v) is 0.201. The quantitative estimate of drug-likeness (QED) is 0.331. The van der Waals surface area contributed by atoms with Gasteiger partial charge in [0.05, 0.1) is 0 Å². The van der Waals surface area contributed by atoms with E-state index in [1.165, 1.54) is 0 Å². The van der Waals surface area contributed by atoms with Gasteiger partial charge in [-0.25, -0.2) is 0 Å². The standard InChI is InChI=1S/C3H5NO.CH2O3.Ca/c1-2-3(4)5;2-1(3)4;/h2H,1H2,(H2,4,5);(H2,2,3,4);/q;;+2/p-2. The van der Waals surface area contributed by atoms with E-state index in [-0.39, 0.29) is 37.7 Å². The zero-order valence-corrected chi connectivity index (χ0v) is 7.41. The maximum absolute atomic E-state index is 9.47. The second kappa shape index (κ2) is 11.5. The van der Waals surface area contributed by atoms with E-state index in [0.717, 1.165) is 6.08 Å². The molecular weight excluding hydrogens is 166 g/mol. The largest absolute Gasteiger partial charge is 2.00 e.